The van der Waals surface area contributed by atoms with Crippen molar-refractivity contribution >= 4 is 22.8 Å². The number of carbonyl (C=O) groups is 2. The molecule has 0 fully saturated rings. The molecule has 0 unspecified atom stereocenters. The molecule has 0 aliphatic carbocycles. The highest BCUT2D eigenvalue weighted by Gasteiger charge is 2.15. The fraction of sp³-hybridized carbons (Fsp3) is 0.227. The zero-order chi connectivity index (χ0) is 20.8. The lowest BCUT2D eigenvalue weighted by Crippen LogP contribution is -2.30. The fourth-order valence-electron chi connectivity index (χ4n) is 2.83. The molecule has 3 rings (SSSR count). The Bertz CT molecular complexity index is 1030. The lowest BCUT2D eigenvalue weighted by atomic mass is 10.1. The van der Waals surface area contributed by atoms with Crippen molar-refractivity contribution in [1.82, 2.24) is 10.3 Å². The summed E-state index contributed by atoms with van der Waals surface area (Å²) >= 11 is 0. The molecule has 150 valence electrons. The number of halogens is 1. The number of fused-ring (bicyclic) bond motifs is 1. The van der Waals surface area contributed by atoms with Crippen molar-refractivity contribution in [3.63, 3.8) is 0 Å². The van der Waals surface area contributed by atoms with Crippen LogP contribution in [0.2, 0.25) is 0 Å². The van der Waals surface area contributed by atoms with Crippen LogP contribution in [0.15, 0.2) is 48.5 Å². The summed E-state index contributed by atoms with van der Waals surface area (Å²) in [6.07, 6.45) is 0.553. The number of aromatic nitrogens is 1. The van der Waals surface area contributed by atoms with E-state index < -0.39 is 11.9 Å². The maximum atomic E-state index is 12.9. The molecule has 1 aromatic heterocycles. The average Bonchev–Trinajstić information content (AvgIpc) is 2.72. The van der Waals surface area contributed by atoms with Crippen LogP contribution in [0.5, 0.6) is 5.75 Å². The molecule has 0 saturated heterocycles. The summed E-state index contributed by atoms with van der Waals surface area (Å²) in [4.78, 5) is 28.7. The van der Waals surface area contributed by atoms with Gasteiger partial charge >= 0.3 is 5.97 Å². The third-order valence-electron chi connectivity index (χ3n) is 4.42. The van der Waals surface area contributed by atoms with Crippen molar-refractivity contribution in [1.29, 1.82) is 0 Å². The van der Waals surface area contributed by atoms with Crippen LogP contribution in [0.4, 0.5) is 4.39 Å². The summed E-state index contributed by atoms with van der Waals surface area (Å²) in [6, 6.07) is 13.1. The van der Waals surface area contributed by atoms with Crippen LogP contribution in [-0.2, 0) is 16.0 Å². The van der Waals surface area contributed by atoms with E-state index in [-0.39, 0.29) is 12.4 Å². The predicted molar refractivity (Wildman–Crippen MR) is 106 cm³/mol. The van der Waals surface area contributed by atoms with Crippen LogP contribution >= 0.6 is 0 Å². The number of hydrogen-bond acceptors (Lipinski definition) is 5. The average molecular weight is 396 g/mol. The Kier molecular flexibility index (Phi) is 6.39. The molecule has 0 bridgehead atoms. The summed E-state index contributed by atoms with van der Waals surface area (Å²) in [7, 11) is 1.57. The SMILES string of the molecule is COc1ccc2cc(C(=O)OCC(=O)NCCc3ccc(F)cc3)c(C)nc2c1. The van der Waals surface area contributed by atoms with E-state index in [0.717, 1.165) is 10.9 Å². The van der Waals surface area contributed by atoms with Gasteiger partial charge in [-0.1, -0.05) is 12.1 Å². The molecule has 3 aromatic rings. The minimum atomic E-state index is -0.610. The van der Waals surface area contributed by atoms with E-state index in [0.29, 0.717) is 35.5 Å². The van der Waals surface area contributed by atoms with Gasteiger partial charge in [0.15, 0.2) is 6.61 Å². The number of rotatable bonds is 7. The van der Waals surface area contributed by atoms with Crippen LogP contribution in [0, 0.1) is 12.7 Å². The van der Waals surface area contributed by atoms with Gasteiger partial charge in [-0.2, -0.15) is 0 Å². The Morgan fingerprint density at radius 3 is 2.59 bits per heavy atom. The van der Waals surface area contributed by atoms with Gasteiger partial charge in [-0.25, -0.2) is 9.18 Å². The smallest absolute Gasteiger partial charge is 0.340 e. The Hall–Kier alpha value is -3.48. The summed E-state index contributed by atoms with van der Waals surface area (Å²) in [5.74, 6) is -0.641. The topological polar surface area (TPSA) is 77.5 Å². The van der Waals surface area contributed by atoms with E-state index in [2.05, 4.69) is 10.3 Å². The van der Waals surface area contributed by atoms with E-state index in [1.807, 2.05) is 0 Å². The van der Waals surface area contributed by atoms with Crippen LogP contribution in [-0.4, -0.2) is 37.1 Å². The van der Waals surface area contributed by atoms with Gasteiger partial charge in [-0.05, 0) is 49.2 Å². The molecule has 0 radical (unpaired) electrons. The number of aryl methyl sites for hydroxylation is 1. The third-order valence-corrected chi connectivity index (χ3v) is 4.42. The van der Waals surface area contributed by atoms with Crippen LogP contribution in [0.1, 0.15) is 21.6 Å². The maximum Gasteiger partial charge on any atom is 0.340 e. The van der Waals surface area contributed by atoms with Crippen molar-refractivity contribution in [2.24, 2.45) is 0 Å². The first-order valence-electron chi connectivity index (χ1n) is 9.10. The second kappa shape index (κ2) is 9.14. The summed E-state index contributed by atoms with van der Waals surface area (Å²) in [5.41, 5.74) is 2.42. The van der Waals surface area contributed by atoms with Gasteiger partial charge in [-0.15, -0.1) is 0 Å². The number of nitrogens with one attached hydrogen (secondary N) is 1. The highest BCUT2D eigenvalue weighted by molar-refractivity contribution is 5.96. The number of methoxy groups -OCH3 is 1. The zero-order valence-corrected chi connectivity index (χ0v) is 16.2. The predicted octanol–water partition coefficient (Wildman–Crippen LogP) is 3.21. The second-order valence-corrected chi connectivity index (χ2v) is 6.48. The van der Waals surface area contributed by atoms with Gasteiger partial charge in [0.2, 0.25) is 0 Å². The van der Waals surface area contributed by atoms with Gasteiger partial charge in [0.05, 0.1) is 23.9 Å². The number of nitrogens with zero attached hydrogens (tertiary/aromatic N) is 1. The number of benzene rings is 2. The first-order chi connectivity index (χ1) is 14.0. The van der Waals surface area contributed by atoms with Gasteiger partial charge in [-0.3, -0.25) is 9.78 Å². The van der Waals surface area contributed by atoms with Crippen LogP contribution in [0.25, 0.3) is 10.9 Å². The molecule has 0 saturated carbocycles. The zero-order valence-electron chi connectivity index (χ0n) is 16.2. The number of hydrogen-bond donors (Lipinski definition) is 1. The van der Waals surface area contributed by atoms with Crippen molar-refractivity contribution in [2.75, 3.05) is 20.3 Å². The molecule has 0 atom stereocenters. The first-order valence-corrected chi connectivity index (χ1v) is 9.10. The molecule has 1 N–H and O–H groups in total. The minimum absolute atomic E-state index is 0.303. The molecule has 0 spiro atoms. The second-order valence-electron chi connectivity index (χ2n) is 6.48. The van der Waals surface area contributed by atoms with Crippen molar-refractivity contribution in [3.05, 3.63) is 71.2 Å². The highest BCUT2D eigenvalue weighted by Crippen LogP contribution is 2.22. The first kappa shape index (κ1) is 20.3. The molecule has 29 heavy (non-hydrogen) atoms. The van der Waals surface area contributed by atoms with Crippen molar-refractivity contribution in [2.45, 2.75) is 13.3 Å². The molecule has 1 heterocycles. The van der Waals surface area contributed by atoms with E-state index in [1.165, 1.54) is 12.1 Å². The van der Waals surface area contributed by atoms with Crippen LogP contribution < -0.4 is 10.1 Å². The fourth-order valence-corrected chi connectivity index (χ4v) is 2.83. The normalized spacial score (nSPS) is 10.6. The minimum Gasteiger partial charge on any atom is -0.497 e. The Labute approximate surface area is 167 Å². The van der Waals surface area contributed by atoms with Crippen molar-refractivity contribution in [3.8, 4) is 5.75 Å². The number of ether oxygens (including phenoxy) is 2. The summed E-state index contributed by atoms with van der Waals surface area (Å²) < 4.78 is 23.2. The Morgan fingerprint density at radius 1 is 1.10 bits per heavy atom. The molecular formula is C22H21FN2O4. The molecule has 7 heteroatoms. The molecule has 6 nitrogen and oxygen atoms in total. The lowest BCUT2D eigenvalue weighted by Gasteiger charge is -2.09. The van der Waals surface area contributed by atoms with E-state index in [1.54, 1.807) is 50.4 Å². The Balaban J connectivity index is 1.53. The summed E-state index contributed by atoms with van der Waals surface area (Å²) in [6.45, 7) is 1.68. The van der Waals surface area contributed by atoms with Crippen molar-refractivity contribution < 1.29 is 23.5 Å². The lowest BCUT2D eigenvalue weighted by molar-refractivity contribution is -0.124. The van der Waals surface area contributed by atoms with E-state index in [4.69, 9.17) is 9.47 Å². The number of esters is 1. The molecule has 0 aliphatic rings. The number of carbonyl (C=O) groups excluding carboxylic acids is 2. The Morgan fingerprint density at radius 2 is 1.86 bits per heavy atom. The maximum absolute atomic E-state index is 12.9. The molecule has 2 aromatic carbocycles. The van der Waals surface area contributed by atoms with Gasteiger partial charge in [0.25, 0.3) is 5.91 Å². The third kappa shape index (κ3) is 5.28. The standard InChI is InChI=1S/C22H21FN2O4/c1-14-19(11-16-5-8-18(28-2)12-20(16)25-14)22(27)29-13-21(26)24-10-9-15-3-6-17(23)7-4-15/h3-8,11-12H,9-10,13H2,1-2H3,(H,24,26). The molecule has 0 aliphatic heterocycles. The molecule has 1 amide bonds. The van der Waals surface area contributed by atoms with Crippen LogP contribution in [0.3, 0.4) is 0 Å². The number of pyridine rings is 1. The van der Waals surface area contributed by atoms with Gasteiger partial charge < -0.3 is 14.8 Å². The van der Waals surface area contributed by atoms with Gasteiger partial charge in [0.1, 0.15) is 11.6 Å². The highest BCUT2D eigenvalue weighted by atomic mass is 19.1. The van der Waals surface area contributed by atoms with Gasteiger partial charge in [0, 0.05) is 18.0 Å². The van der Waals surface area contributed by atoms with E-state index >= 15 is 0 Å². The quantitative estimate of drug-likeness (QED) is 0.621. The van der Waals surface area contributed by atoms with E-state index in [9.17, 15) is 14.0 Å². The monoisotopic (exact) mass is 396 g/mol. The largest absolute Gasteiger partial charge is 0.497 e. The number of amides is 1. The molecular weight excluding hydrogens is 375 g/mol. The summed E-state index contributed by atoms with van der Waals surface area (Å²) in [5, 5.41) is 3.44.